The summed E-state index contributed by atoms with van der Waals surface area (Å²) in [4.78, 5) is 36.5. The van der Waals surface area contributed by atoms with Gasteiger partial charge in [0, 0.05) is 12.6 Å². The maximum atomic E-state index is 12.0. The molecular formula is C13H14ClN3O4. The van der Waals surface area contributed by atoms with Gasteiger partial charge in [0.2, 0.25) is 0 Å². The number of nitro groups is 1. The molecule has 2 aromatic rings. The summed E-state index contributed by atoms with van der Waals surface area (Å²) in [6.07, 6.45) is 0. The van der Waals surface area contributed by atoms with Crippen LogP contribution in [0.5, 0.6) is 0 Å². The van der Waals surface area contributed by atoms with Crippen LogP contribution in [0.2, 0.25) is 5.02 Å². The lowest BCUT2D eigenvalue weighted by Crippen LogP contribution is -2.38. The van der Waals surface area contributed by atoms with E-state index in [1.54, 1.807) is 0 Å². The van der Waals surface area contributed by atoms with E-state index >= 15 is 0 Å². The van der Waals surface area contributed by atoms with E-state index in [-0.39, 0.29) is 28.2 Å². The average molecular weight is 312 g/mol. The zero-order valence-corrected chi connectivity index (χ0v) is 12.5. The Morgan fingerprint density at radius 1 is 1.33 bits per heavy atom. The Hall–Kier alpha value is -2.15. The minimum Gasteiger partial charge on any atom is -0.316 e. The number of halogens is 1. The third-order valence-corrected chi connectivity index (χ3v) is 3.18. The average Bonchev–Trinajstić information content (AvgIpc) is 2.32. The number of hydrogen-bond acceptors (Lipinski definition) is 4. The van der Waals surface area contributed by atoms with Gasteiger partial charge < -0.3 is 9.55 Å². The first-order valence-electron chi connectivity index (χ1n) is 6.21. The van der Waals surface area contributed by atoms with Gasteiger partial charge in [-0.15, -0.1) is 0 Å². The molecule has 0 bridgehead atoms. The first-order valence-corrected chi connectivity index (χ1v) is 6.59. The molecule has 0 radical (unpaired) electrons. The predicted octanol–water partition coefficient (Wildman–Crippen LogP) is 2.30. The van der Waals surface area contributed by atoms with Crippen molar-refractivity contribution in [3.63, 3.8) is 0 Å². The monoisotopic (exact) mass is 311 g/mol. The Labute approximate surface area is 124 Å². The van der Waals surface area contributed by atoms with Crippen molar-refractivity contribution in [2.45, 2.75) is 27.3 Å². The Balaban J connectivity index is 2.90. The number of hydrogen-bond donors (Lipinski definition) is 1. The molecule has 0 saturated heterocycles. The van der Waals surface area contributed by atoms with Crippen molar-refractivity contribution in [3.05, 3.63) is 48.0 Å². The predicted molar refractivity (Wildman–Crippen MR) is 79.9 cm³/mol. The standard InChI is InChI=1S/C13H14ClN3O4/c1-13(2,3)6-16-10-5-9(17(20)21)7(14)4-8(10)15-11(18)12(16)19/h4-5H,6H2,1-3H3,(H,15,18). The summed E-state index contributed by atoms with van der Waals surface area (Å²) in [6.45, 7) is 5.95. The summed E-state index contributed by atoms with van der Waals surface area (Å²) in [5.41, 5.74) is -1.53. The third kappa shape index (κ3) is 2.97. The van der Waals surface area contributed by atoms with Crippen LogP contribution in [0.25, 0.3) is 11.0 Å². The zero-order chi connectivity index (χ0) is 15.9. The highest BCUT2D eigenvalue weighted by Gasteiger charge is 2.20. The van der Waals surface area contributed by atoms with Gasteiger partial charge in [-0.05, 0) is 11.5 Å². The van der Waals surface area contributed by atoms with E-state index in [1.807, 2.05) is 20.8 Å². The fraction of sp³-hybridized carbons (Fsp3) is 0.385. The fourth-order valence-electron chi connectivity index (χ4n) is 2.05. The second-order valence-corrected chi connectivity index (χ2v) is 6.39. The fourth-order valence-corrected chi connectivity index (χ4v) is 2.29. The number of benzene rings is 1. The van der Waals surface area contributed by atoms with E-state index in [0.29, 0.717) is 5.52 Å². The van der Waals surface area contributed by atoms with Gasteiger partial charge in [-0.25, -0.2) is 0 Å². The first-order chi connectivity index (χ1) is 9.60. The molecule has 0 spiro atoms. The van der Waals surface area contributed by atoms with Crippen molar-refractivity contribution in [2.75, 3.05) is 0 Å². The van der Waals surface area contributed by atoms with Crippen LogP contribution in [0.3, 0.4) is 0 Å². The zero-order valence-electron chi connectivity index (χ0n) is 11.8. The van der Waals surface area contributed by atoms with Crippen LogP contribution in [-0.4, -0.2) is 14.5 Å². The number of aromatic amines is 1. The largest absolute Gasteiger partial charge is 0.316 e. The van der Waals surface area contributed by atoms with Crippen molar-refractivity contribution in [1.82, 2.24) is 9.55 Å². The molecule has 1 N–H and O–H groups in total. The molecule has 0 aliphatic rings. The van der Waals surface area contributed by atoms with Crippen LogP contribution in [0.4, 0.5) is 5.69 Å². The Bertz CT molecular complexity index is 845. The summed E-state index contributed by atoms with van der Waals surface area (Å²) in [5.74, 6) is 0. The molecule has 1 heterocycles. The molecule has 0 unspecified atom stereocenters. The SMILES string of the molecule is CC(C)(C)Cn1c(=O)c(=O)[nH]c2cc(Cl)c([N+](=O)[O-])cc21. The van der Waals surface area contributed by atoms with Crippen LogP contribution in [0, 0.1) is 15.5 Å². The molecule has 0 fully saturated rings. The second kappa shape index (κ2) is 5.00. The Morgan fingerprint density at radius 3 is 2.48 bits per heavy atom. The smallest absolute Gasteiger partial charge is 0.316 e. The number of rotatable bonds is 2. The second-order valence-electron chi connectivity index (χ2n) is 5.98. The molecule has 0 amide bonds. The molecule has 8 heteroatoms. The summed E-state index contributed by atoms with van der Waals surface area (Å²) < 4.78 is 1.25. The number of nitrogens with one attached hydrogen (secondary N) is 1. The summed E-state index contributed by atoms with van der Waals surface area (Å²) in [7, 11) is 0. The maximum Gasteiger partial charge on any atom is 0.316 e. The maximum absolute atomic E-state index is 12.0. The highest BCUT2D eigenvalue weighted by atomic mass is 35.5. The van der Waals surface area contributed by atoms with Crippen molar-refractivity contribution in [2.24, 2.45) is 5.41 Å². The first kappa shape index (κ1) is 15.2. The van der Waals surface area contributed by atoms with E-state index in [0.717, 1.165) is 0 Å². The van der Waals surface area contributed by atoms with Crippen molar-refractivity contribution in [1.29, 1.82) is 0 Å². The van der Waals surface area contributed by atoms with Gasteiger partial charge >= 0.3 is 11.1 Å². The molecule has 2 rings (SSSR count). The van der Waals surface area contributed by atoms with Crippen molar-refractivity contribution < 1.29 is 4.92 Å². The van der Waals surface area contributed by atoms with E-state index in [9.17, 15) is 19.7 Å². The van der Waals surface area contributed by atoms with E-state index in [4.69, 9.17) is 11.6 Å². The highest BCUT2D eigenvalue weighted by molar-refractivity contribution is 6.33. The normalized spacial score (nSPS) is 11.8. The van der Waals surface area contributed by atoms with E-state index < -0.39 is 16.0 Å². The summed E-state index contributed by atoms with van der Waals surface area (Å²) >= 11 is 5.82. The minimum absolute atomic E-state index is 0.0934. The quantitative estimate of drug-likeness (QED) is 0.522. The van der Waals surface area contributed by atoms with Gasteiger partial charge in [0.1, 0.15) is 5.02 Å². The molecule has 7 nitrogen and oxygen atoms in total. The number of nitrogens with zero attached hydrogens (tertiary/aromatic N) is 2. The van der Waals surface area contributed by atoms with Crippen LogP contribution in [0.15, 0.2) is 21.7 Å². The van der Waals surface area contributed by atoms with E-state index in [1.165, 1.54) is 16.7 Å². The molecule has 1 aromatic carbocycles. The lowest BCUT2D eigenvalue weighted by atomic mass is 9.96. The molecule has 0 saturated carbocycles. The van der Waals surface area contributed by atoms with Gasteiger partial charge in [0.05, 0.1) is 16.0 Å². The van der Waals surface area contributed by atoms with Crippen LogP contribution >= 0.6 is 11.6 Å². The van der Waals surface area contributed by atoms with Crippen LogP contribution in [-0.2, 0) is 6.54 Å². The molecular weight excluding hydrogens is 298 g/mol. The molecule has 21 heavy (non-hydrogen) atoms. The molecule has 0 aliphatic heterocycles. The number of fused-ring (bicyclic) bond motifs is 1. The third-order valence-electron chi connectivity index (χ3n) is 2.87. The summed E-state index contributed by atoms with van der Waals surface area (Å²) in [6, 6.07) is 2.50. The molecule has 0 atom stereocenters. The topological polar surface area (TPSA) is 98.0 Å². The van der Waals surface area contributed by atoms with Crippen LogP contribution < -0.4 is 11.1 Å². The number of aromatic nitrogens is 2. The number of nitro benzene ring substituents is 1. The van der Waals surface area contributed by atoms with Gasteiger partial charge in [0.15, 0.2) is 0 Å². The molecule has 1 aromatic heterocycles. The lowest BCUT2D eigenvalue weighted by Gasteiger charge is -2.20. The van der Waals surface area contributed by atoms with Crippen molar-refractivity contribution >= 4 is 28.3 Å². The highest BCUT2D eigenvalue weighted by Crippen LogP contribution is 2.28. The molecule has 112 valence electrons. The van der Waals surface area contributed by atoms with Gasteiger partial charge in [-0.3, -0.25) is 19.7 Å². The lowest BCUT2D eigenvalue weighted by molar-refractivity contribution is -0.384. The van der Waals surface area contributed by atoms with Gasteiger partial charge in [-0.2, -0.15) is 0 Å². The Morgan fingerprint density at radius 2 is 1.95 bits per heavy atom. The molecule has 0 aliphatic carbocycles. The van der Waals surface area contributed by atoms with Crippen molar-refractivity contribution in [3.8, 4) is 0 Å². The van der Waals surface area contributed by atoms with E-state index in [2.05, 4.69) is 4.98 Å². The van der Waals surface area contributed by atoms with Gasteiger partial charge in [0.25, 0.3) is 5.69 Å². The summed E-state index contributed by atoms with van der Waals surface area (Å²) in [5, 5.41) is 10.9. The number of H-pyrrole nitrogens is 1. The minimum atomic E-state index is -0.781. The van der Waals surface area contributed by atoms with Gasteiger partial charge in [-0.1, -0.05) is 32.4 Å². The van der Waals surface area contributed by atoms with Crippen LogP contribution in [0.1, 0.15) is 20.8 Å². The Kier molecular flexibility index (Phi) is 3.63.